The molecule has 0 saturated carbocycles. The Balaban J connectivity index is 2.38. The number of rotatable bonds is 9. The monoisotopic (exact) mass is 250 g/mol. The average Bonchev–Trinajstić information content (AvgIpc) is 2.36. The number of hydrogen-bond acceptors (Lipinski definition) is 3. The summed E-state index contributed by atoms with van der Waals surface area (Å²) in [5.74, 6) is 1.52. The molecule has 0 spiro atoms. The van der Waals surface area contributed by atoms with E-state index in [0.29, 0.717) is 0 Å². The molecule has 1 aromatic rings. The first kappa shape index (κ1) is 15.0. The maximum absolute atomic E-state index is 5.77. The van der Waals surface area contributed by atoms with Crippen molar-refractivity contribution >= 4 is 0 Å². The number of nitrogens with one attached hydrogen (secondary N) is 1. The lowest BCUT2D eigenvalue weighted by molar-refractivity contribution is 0.283. The van der Waals surface area contributed by atoms with Gasteiger partial charge in [-0.15, -0.1) is 0 Å². The van der Waals surface area contributed by atoms with E-state index in [0.717, 1.165) is 49.9 Å². The zero-order valence-electron chi connectivity index (χ0n) is 11.9. The Morgan fingerprint density at radius 2 is 2.22 bits per heavy atom. The van der Waals surface area contributed by atoms with Crippen LogP contribution in [-0.4, -0.2) is 18.1 Å². The minimum atomic E-state index is 0.739. The van der Waals surface area contributed by atoms with Crippen molar-refractivity contribution in [2.75, 3.05) is 13.2 Å². The second-order valence-electron chi connectivity index (χ2n) is 5.03. The third-order valence-corrected chi connectivity index (χ3v) is 2.76. The van der Waals surface area contributed by atoms with Crippen molar-refractivity contribution in [1.29, 1.82) is 0 Å². The summed E-state index contributed by atoms with van der Waals surface area (Å²) in [5, 5.41) is 3.38. The summed E-state index contributed by atoms with van der Waals surface area (Å²) in [7, 11) is 0. The molecule has 0 aromatic carbocycles. The zero-order valence-corrected chi connectivity index (χ0v) is 11.9. The molecule has 1 aromatic heterocycles. The van der Waals surface area contributed by atoms with Gasteiger partial charge >= 0.3 is 0 Å². The van der Waals surface area contributed by atoms with E-state index in [1.165, 1.54) is 6.42 Å². The summed E-state index contributed by atoms with van der Waals surface area (Å²) in [5.41, 5.74) is 1.15. The van der Waals surface area contributed by atoms with E-state index in [2.05, 4.69) is 37.1 Å². The molecule has 0 fully saturated rings. The van der Waals surface area contributed by atoms with Crippen LogP contribution in [-0.2, 0) is 6.54 Å². The lowest BCUT2D eigenvalue weighted by Gasteiger charge is -2.11. The molecular formula is C15H26N2O. The third-order valence-electron chi connectivity index (χ3n) is 2.76. The smallest absolute Gasteiger partial charge is 0.217 e. The van der Waals surface area contributed by atoms with E-state index in [1.807, 2.05) is 6.07 Å². The highest BCUT2D eigenvalue weighted by Crippen LogP contribution is 2.15. The van der Waals surface area contributed by atoms with Gasteiger partial charge in [0.25, 0.3) is 0 Å². The Bertz CT molecular complexity index is 326. The fourth-order valence-electron chi connectivity index (χ4n) is 1.75. The van der Waals surface area contributed by atoms with Gasteiger partial charge in [0, 0.05) is 18.3 Å². The molecule has 0 unspecified atom stereocenters. The van der Waals surface area contributed by atoms with Crippen LogP contribution >= 0.6 is 0 Å². The van der Waals surface area contributed by atoms with Gasteiger partial charge in [-0.2, -0.15) is 0 Å². The summed E-state index contributed by atoms with van der Waals surface area (Å²) < 4.78 is 5.77. The molecule has 3 heteroatoms. The first-order valence-electron chi connectivity index (χ1n) is 7.01. The minimum absolute atomic E-state index is 0.739. The number of aromatic nitrogens is 1. The molecule has 0 radical (unpaired) electrons. The third kappa shape index (κ3) is 6.01. The standard InChI is InChI=1S/C15H26N2O/c1-4-9-16-12-14-8-5-10-17-15(14)18-11-6-7-13(2)3/h5,8,10,13,16H,4,6-7,9,11-12H2,1-3H3. The minimum Gasteiger partial charge on any atom is -0.477 e. The van der Waals surface area contributed by atoms with Gasteiger partial charge in [0.1, 0.15) is 0 Å². The molecule has 0 aliphatic heterocycles. The van der Waals surface area contributed by atoms with Crippen molar-refractivity contribution in [2.24, 2.45) is 5.92 Å². The van der Waals surface area contributed by atoms with Gasteiger partial charge in [-0.25, -0.2) is 4.98 Å². The molecule has 0 aliphatic rings. The second kappa shape index (κ2) is 8.92. The number of nitrogens with zero attached hydrogens (tertiary/aromatic N) is 1. The van der Waals surface area contributed by atoms with Crippen LogP contribution < -0.4 is 10.1 Å². The fourth-order valence-corrected chi connectivity index (χ4v) is 1.75. The Kier molecular flexibility index (Phi) is 7.42. The van der Waals surface area contributed by atoms with Crippen LogP contribution in [0.15, 0.2) is 18.3 Å². The Morgan fingerprint density at radius 3 is 2.94 bits per heavy atom. The van der Waals surface area contributed by atoms with Crippen LogP contribution in [0.25, 0.3) is 0 Å². The molecule has 3 nitrogen and oxygen atoms in total. The fraction of sp³-hybridized carbons (Fsp3) is 0.667. The van der Waals surface area contributed by atoms with E-state index >= 15 is 0 Å². The maximum atomic E-state index is 5.77. The molecule has 0 aliphatic carbocycles. The van der Waals surface area contributed by atoms with Crippen LogP contribution in [0.4, 0.5) is 0 Å². The van der Waals surface area contributed by atoms with Crippen molar-refractivity contribution in [3.05, 3.63) is 23.9 Å². The van der Waals surface area contributed by atoms with Crippen molar-refractivity contribution in [1.82, 2.24) is 10.3 Å². The van der Waals surface area contributed by atoms with Gasteiger partial charge in [-0.3, -0.25) is 0 Å². The highest BCUT2D eigenvalue weighted by atomic mass is 16.5. The zero-order chi connectivity index (χ0) is 13.2. The van der Waals surface area contributed by atoms with Crippen molar-refractivity contribution in [3.8, 4) is 5.88 Å². The molecule has 0 bridgehead atoms. The molecule has 0 amide bonds. The SMILES string of the molecule is CCCNCc1cccnc1OCCCC(C)C. The van der Waals surface area contributed by atoms with Crippen molar-refractivity contribution in [3.63, 3.8) is 0 Å². The Hall–Kier alpha value is -1.09. The second-order valence-corrected chi connectivity index (χ2v) is 5.03. The number of hydrogen-bond donors (Lipinski definition) is 1. The molecule has 1 heterocycles. The van der Waals surface area contributed by atoms with Crippen molar-refractivity contribution < 1.29 is 4.74 Å². The lowest BCUT2D eigenvalue weighted by Crippen LogP contribution is -2.15. The summed E-state index contributed by atoms with van der Waals surface area (Å²) >= 11 is 0. The van der Waals surface area contributed by atoms with Crippen LogP contribution in [0.2, 0.25) is 0 Å². The van der Waals surface area contributed by atoms with Gasteiger partial charge < -0.3 is 10.1 Å². The summed E-state index contributed by atoms with van der Waals surface area (Å²) in [6.45, 7) is 9.26. The highest BCUT2D eigenvalue weighted by molar-refractivity contribution is 5.25. The van der Waals surface area contributed by atoms with Gasteiger partial charge in [-0.1, -0.05) is 26.8 Å². The van der Waals surface area contributed by atoms with Crippen LogP contribution in [0.5, 0.6) is 5.88 Å². The van der Waals surface area contributed by atoms with Gasteiger partial charge in [0.05, 0.1) is 6.61 Å². The first-order chi connectivity index (χ1) is 8.74. The largest absolute Gasteiger partial charge is 0.477 e. The predicted molar refractivity (Wildman–Crippen MR) is 75.8 cm³/mol. The topological polar surface area (TPSA) is 34.2 Å². The molecule has 0 atom stereocenters. The quantitative estimate of drug-likeness (QED) is 0.682. The molecular weight excluding hydrogens is 224 g/mol. The van der Waals surface area contributed by atoms with Gasteiger partial charge in [0.15, 0.2) is 0 Å². The van der Waals surface area contributed by atoms with E-state index in [9.17, 15) is 0 Å². The maximum Gasteiger partial charge on any atom is 0.217 e. The van der Waals surface area contributed by atoms with Crippen LogP contribution in [0.3, 0.4) is 0 Å². The Morgan fingerprint density at radius 1 is 1.39 bits per heavy atom. The molecule has 18 heavy (non-hydrogen) atoms. The average molecular weight is 250 g/mol. The Labute approximate surface area is 111 Å². The van der Waals surface area contributed by atoms with E-state index in [-0.39, 0.29) is 0 Å². The van der Waals surface area contributed by atoms with Crippen LogP contribution in [0, 0.1) is 5.92 Å². The van der Waals surface area contributed by atoms with Gasteiger partial charge in [0.2, 0.25) is 5.88 Å². The lowest BCUT2D eigenvalue weighted by atomic mass is 10.1. The molecule has 1 N–H and O–H groups in total. The number of ether oxygens (including phenoxy) is 1. The summed E-state index contributed by atoms with van der Waals surface area (Å²) in [4.78, 5) is 4.31. The van der Waals surface area contributed by atoms with E-state index in [4.69, 9.17) is 4.74 Å². The highest BCUT2D eigenvalue weighted by Gasteiger charge is 2.04. The predicted octanol–water partition coefficient (Wildman–Crippen LogP) is 3.40. The van der Waals surface area contributed by atoms with Crippen molar-refractivity contribution in [2.45, 2.75) is 46.6 Å². The van der Waals surface area contributed by atoms with E-state index in [1.54, 1.807) is 6.20 Å². The molecule has 1 rings (SSSR count). The summed E-state index contributed by atoms with van der Waals surface area (Å²) in [6, 6.07) is 4.04. The van der Waals surface area contributed by atoms with Gasteiger partial charge in [-0.05, 0) is 37.8 Å². The van der Waals surface area contributed by atoms with Crippen LogP contribution in [0.1, 0.15) is 45.6 Å². The first-order valence-corrected chi connectivity index (χ1v) is 7.01. The molecule has 0 saturated heterocycles. The summed E-state index contributed by atoms with van der Waals surface area (Å²) in [6.07, 6.45) is 5.23. The normalized spacial score (nSPS) is 10.9. The van der Waals surface area contributed by atoms with E-state index < -0.39 is 0 Å². The molecule has 102 valence electrons. The number of pyridine rings is 1.